The molecule has 2 heterocycles. The third kappa shape index (κ3) is 2.04. The lowest BCUT2D eigenvalue weighted by Gasteiger charge is -2.06. The van der Waals surface area contributed by atoms with Gasteiger partial charge in [-0.15, -0.1) is 0 Å². The Morgan fingerprint density at radius 2 is 2.25 bits per heavy atom. The van der Waals surface area contributed by atoms with Crippen molar-refractivity contribution in [3.05, 3.63) is 41.4 Å². The second-order valence-corrected chi connectivity index (χ2v) is 4.60. The second-order valence-electron chi connectivity index (χ2n) is 4.60. The molecule has 20 heavy (non-hydrogen) atoms. The Hall–Kier alpha value is -2.34. The van der Waals surface area contributed by atoms with Gasteiger partial charge in [0, 0.05) is 24.1 Å². The molecule has 1 atom stereocenters. The van der Waals surface area contributed by atoms with E-state index >= 15 is 0 Å². The average molecular weight is 277 g/mol. The molecule has 0 unspecified atom stereocenters. The number of carboxylic acid groups (broad SMARTS) is 1. The summed E-state index contributed by atoms with van der Waals surface area (Å²) < 4.78 is 24.6. The first-order valence-electron chi connectivity index (χ1n) is 6.11. The number of aromatic carboxylic acids is 1. The van der Waals surface area contributed by atoms with E-state index in [0.29, 0.717) is 29.9 Å². The van der Waals surface area contributed by atoms with Crippen molar-refractivity contribution in [2.75, 3.05) is 6.54 Å². The maximum absolute atomic E-state index is 14.0. The van der Waals surface area contributed by atoms with Gasteiger partial charge in [0.2, 0.25) is 5.76 Å². The topological polar surface area (TPSA) is 85.7 Å². The molecule has 0 radical (unpaired) electrons. The minimum absolute atomic E-state index is 0.183. The van der Waals surface area contributed by atoms with Crippen LogP contribution in [0.1, 0.15) is 16.1 Å². The van der Waals surface area contributed by atoms with Crippen molar-refractivity contribution in [3.63, 3.8) is 0 Å². The van der Waals surface area contributed by atoms with Crippen LogP contribution >= 0.6 is 0 Å². The van der Waals surface area contributed by atoms with Gasteiger partial charge < -0.3 is 20.0 Å². The summed E-state index contributed by atoms with van der Waals surface area (Å²) in [6.07, 6.45) is 0.309. The normalized spacial score (nSPS) is 16.8. The summed E-state index contributed by atoms with van der Waals surface area (Å²) in [6.45, 7) is 0.313. The van der Waals surface area contributed by atoms with E-state index in [-0.39, 0.29) is 17.6 Å². The minimum atomic E-state index is -1.16. The number of carboxylic acids is 1. The maximum Gasteiger partial charge on any atom is 0.371 e. The largest absolute Gasteiger partial charge is 0.485 e. The van der Waals surface area contributed by atoms with E-state index in [1.54, 1.807) is 6.07 Å². The molecular formula is C14H12FNO4. The van der Waals surface area contributed by atoms with Gasteiger partial charge in [0.1, 0.15) is 11.9 Å². The van der Waals surface area contributed by atoms with E-state index in [1.807, 2.05) is 0 Å². The monoisotopic (exact) mass is 277 g/mol. The number of fused-ring (bicyclic) bond motifs is 1. The van der Waals surface area contributed by atoms with Gasteiger partial charge in [-0.3, -0.25) is 0 Å². The lowest BCUT2D eigenvalue weighted by Crippen LogP contribution is -2.24. The van der Waals surface area contributed by atoms with Crippen molar-refractivity contribution in [1.82, 2.24) is 0 Å². The highest BCUT2D eigenvalue weighted by Crippen LogP contribution is 2.36. The lowest BCUT2D eigenvalue weighted by atomic mass is 10.0. The van der Waals surface area contributed by atoms with Gasteiger partial charge in [-0.25, -0.2) is 9.18 Å². The number of nitrogens with two attached hydrogens (primary N) is 1. The number of benzene rings is 1. The molecule has 0 bridgehead atoms. The van der Waals surface area contributed by atoms with Crippen LogP contribution in [0.2, 0.25) is 0 Å². The van der Waals surface area contributed by atoms with Crippen molar-refractivity contribution in [3.8, 4) is 17.1 Å². The average Bonchev–Trinajstić information content (AvgIpc) is 3.05. The fourth-order valence-electron chi connectivity index (χ4n) is 2.27. The maximum atomic E-state index is 14.0. The van der Waals surface area contributed by atoms with Crippen LogP contribution in [-0.4, -0.2) is 23.7 Å². The quantitative estimate of drug-likeness (QED) is 0.896. The van der Waals surface area contributed by atoms with E-state index in [1.165, 1.54) is 18.2 Å². The van der Waals surface area contributed by atoms with Crippen molar-refractivity contribution >= 4 is 5.97 Å². The molecule has 3 N–H and O–H groups in total. The Kier molecular flexibility index (Phi) is 2.94. The van der Waals surface area contributed by atoms with Crippen molar-refractivity contribution in [1.29, 1.82) is 0 Å². The number of furan rings is 1. The number of ether oxygens (including phenoxy) is 1. The molecular weight excluding hydrogens is 265 g/mol. The summed E-state index contributed by atoms with van der Waals surface area (Å²) in [5.74, 6) is -1.32. The zero-order valence-corrected chi connectivity index (χ0v) is 10.4. The highest BCUT2D eigenvalue weighted by Gasteiger charge is 2.26. The van der Waals surface area contributed by atoms with Crippen LogP contribution in [0, 0.1) is 5.82 Å². The number of hydrogen-bond acceptors (Lipinski definition) is 4. The van der Waals surface area contributed by atoms with E-state index < -0.39 is 11.8 Å². The Balaban J connectivity index is 2.00. The molecule has 0 saturated heterocycles. The third-order valence-corrected chi connectivity index (χ3v) is 3.22. The van der Waals surface area contributed by atoms with Gasteiger partial charge in [0.05, 0.1) is 0 Å². The number of carbonyl (C=O) groups is 1. The zero-order chi connectivity index (χ0) is 14.3. The van der Waals surface area contributed by atoms with Gasteiger partial charge in [-0.1, -0.05) is 0 Å². The van der Waals surface area contributed by atoms with Crippen molar-refractivity contribution in [2.45, 2.75) is 12.5 Å². The predicted octanol–water partition coefficient (Wildman–Crippen LogP) is 2.05. The van der Waals surface area contributed by atoms with Crippen molar-refractivity contribution < 1.29 is 23.4 Å². The molecule has 1 aliphatic rings. The molecule has 0 fully saturated rings. The van der Waals surface area contributed by atoms with E-state index in [9.17, 15) is 9.18 Å². The second kappa shape index (κ2) is 4.64. The minimum Gasteiger partial charge on any atom is -0.485 e. The molecule has 0 saturated carbocycles. The van der Waals surface area contributed by atoms with Gasteiger partial charge in [0.25, 0.3) is 0 Å². The van der Waals surface area contributed by atoms with Crippen LogP contribution in [0.5, 0.6) is 5.75 Å². The molecule has 1 aromatic heterocycles. The van der Waals surface area contributed by atoms with Crippen LogP contribution in [0.3, 0.4) is 0 Å². The Morgan fingerprint density at radius 1 is 1.45 bits per heavy atom. The molecule has 1 aromatic carbocycles. The molecule has 0 aliphatic carbocycles. The summed E-state index contributed by atoms with van der Waals surface area (Å²) in [6, 6.07) is 5.84. The number of halogens is 1. The molecule has 104 valence electrons. The predicted molar refractivity (Wildman–Crippen MR) is 68.2 cm³/mol. The molecule has 5 nitrogen and oxygen atoms in total. The van der Waals surface area contributed by atoms with E-state index in [2.05, 4.69) is 0 Å². The smallest absolute Gasteiger partial charge is 0.371 e. The fraction of sp³-hybridized carbons (Fsp3) is 0.214. The molecule has 0 amide bonds. The molecule has 0 spiro atoms. The van der Waals surface area contributed by atoms with E-state index in [4.69, 9.17) is 20.0 Å². The first kappa shape index (κ1) is 12.7. The molecule has 3 rings (SSSR count). The first-order valence-corrected chi connectivity index (χ1v) is 6.11. The Bertz CT molecular complexity index is 680. The summed E-state index contributed by atoms with van der Waals surface area (Å²) in [5, 5.41) is 8.82. The van der Waals surface area contributed by atoms with Crippen LogP contribution in [0.4, 0.5) is 4.39 Å². The van der Waals surface area contributed by atoms with Crippen LogP contribution in [-0.2, 0) is 6.42 Å². The zero-order valence-electron chi connectivity index (χ0n) is 10.4. The fourth-order valence-corrected chi connectivity index (χ4v) is 2.27. The van der Waals surface area contributed by atoms with Gasteiger partial charge in [0.15, 0.2) is 11.6 Å². The van der Waals surface area contributed by atoms with Gasteiger partial charge in [-0.2, -0.15) is 0 Å². The SMILES string of the molecule is NC[C@@H]1Cc2cc(-c3ccc(C(=O)O)o3)cc(F)c2O1. The third-order valence-electron chi connectivity index (χ3n) is 3.22. The highest BCUT2D eigenvalue weighted by molar-refractivity contribution is 5.85. The molecule has 1 aliphatic heterocycles. The Morgan fingerprint density at radius 3 is 2.90 bits per heavy atom. The number of rotatable bonds is 3. The molecule has 6 heteroatoms. The van der Waals surface area contributed by atoms with Gasteiger partial charge in [-0.05, 0) is 24.3 Å². The Labute approximate surface area is 113 Å². The summed E-state index contributed by atoms with van der Waals surface area (Å²) >= 11 is 0. The van der Waals surface area contributed by atoms with Crippen LogP contribution < -0.4 is 10.5 Å². The number of hydrogen-bond donors (Lipinski definition) is 2. The summed E-state index contributed by atoms with van der Waals surface area (Å²) in [7, 11) is 0. The summed E-state index contributed by atoms with van der Waals surface area (Å²) in [5.41, 5.74) is 6.71. The summed E-state index contributed by atoms with van der Waals surface area (Å²) in [4.78, 5) is 10.8. The van der Waals surface area contributed by atoms with Gasteiger partial charge >= 0.3 is 5.97 Å². The standard InChI is InChI=1S/C14H12FNO4/c15-10-5-7(11-1-2-12(20-11)14(17)18)3-8-4-9(6-16)19-13(8)10/h1-3,5,9H,4,6,16H2,(H,17,18)/t9-/m0/s1. The lowest BCUT2D eigenvalue weighted by molar-refractivity contribution is 0.0663. The van der Waals surface area contributed by atoms with Crippen LogP contribution in [0.25, 0.3) is 11.3 Å². The van der Waals surface area contributed by atoms with Crippen molar-refractivity contribution in [2.24, 2.45) is 5.73 Å². The van der Waals surface area contributed by atoms with Crippen LogP contribution in [0.15, 0.2) is 28.7 Å². The first-order chi connectivity index (χ1) is 9.58. The highest BCUT2D eigenvalue weighted by atomic mass is 19.1. The van der Waals surface area contributed by atoms with E-state index in [0.717, 1.165) is 0 Å². The molecule has 2 aromatic rings.